The van der Waals surface area contributed by atoms with Crippen molar-refractivity contribution in [2.75, 3.05) is 0 Å². The minimum atomic E-state index is -0.0843. The van der Waals surface area contributed by atoms with Crippen molar-refractivity contribution in [1.29, 1.82) is 0 Å². The van der Waals surface area contributed by atoms with Crippen LogP contribution in [0.1, 0.15) is 15.9 Å². The Morgan fingerprint density at radius 3 is 2.32 bits per heavy atom. The van der Waals surface area contributed by atoms with E-state index in [9.17, 15) is 4.79 Å². The summed E-state index contributed by atoms with van der Waals surface area (Å²) in [4.78, 5) is 15.7. The lowest BCUT2D eigenvalue weighted by atomic mass is 10.0. The first kappa shape index (κ1) is 12.7. The van der Waals surface area contributed by atoms with E-state index in [1.54, 1.807) is 6.08 Å². The third-order valence-electron chi connectivity index (χ3n) is 3.69. The van der Waals surface area contributed by atoms with Gasteiger partial charge in [-0.2, -0.15) is 0 Å². The molecule has 0 saturated carbocycles. The number of hydrogen-bond acceptors (Lipinski definition) is 2. The molecule has 2 heterocycles. The number of aromatic nitrogens is 1. The van der Waals surface area contributed by atoms with E-state index in [0.717, 1.165) is 16.7 Å². The Kier molecular flexibility index (Phi) is 2.90. The lowest BCUT2D eigenvalue weighted by molar-refractivity contribution is 0.101. The number of ketones is 1. The molecule has 0 bridgehead atoms. The van der Waals surface area contributed by atoms with Crippen LogP contribution in [0.5, 0.6) is 5.88 Å². The largest absolute Gasteiger partial charge is 0.436 e. The van der Waals surface area contributed by atoms with Crippen LogP contribution in [0.3, 0.4) is 0 Å². The quantitative estimate of drug-likeness (QED) is 0.714. The minimum absolute atomic E-state index is 0.0843. The van der Waals surface area contributed by atoms with Gasteiger partial charge in [-0.05, 0) is 17.2 Å². The molecule has 0 amide bonds. The second kappa shape index (κ2) is 5.04. The molecule has 3 aromatic rings. The van der Waals surface area contributed by atoms with Crippen molar-refractivity contribution >= 4 is 11.9 Å². The third-order valence-corrected chi connectivity index (χ3v) is 3.69. The molecule has 2 aromatic carbocycles. The average Bonchev–Trinajstić information content (AvgIpc) is 3.11. The summed E-state index contributed by atoms with van der Waals surface area (Å²) in [6.45, 7) is 0. The van der Waals surface area contributed by atoms with Crippen LogP contribution in [0.2, 0.25) is 0 Å². The van der Waals surface area contributed by atoms with Crippen molar-refractivity contribution in [2.24, 2.45) is 0 Å². The second-order valence-corrected chi connectivity index (χ2v) is 5.12. The molecule has 1 aliphatic heterocycles. The van der Waals surface area contributed by atoms with E-state index in [-0.39, 0.29) is 5.78 Å². The summed E-state index contributed by atoms with van der Waals surface area (Å²) in [5, 5.41) is 0. The van der Waals surface area contributed by atoms with Crippen molar-refractivity contribution < 1.29 is 9.53 Å². The Balaban J connectivity index is 1.75. The van der Waals surface area contributed by atoms with Crippen LogP contribution >= 0.6 is 0 Å². The Morgan fingerprint density at radius 2 is 1.59 bits per heavy atom. The SMILES string of the molecule is O=C1C(=Cc2ccccc2)Oc2[nH]cc(-c3ccccc3)c21. The van der Waals surface area contributed by atoms with Gasteiger partial charge >= 0.3 is 0 Å². The first-order valence-electron chi connectivity index (χ1n) is 7.09. The zero-order valence-electron chi connectivity index (χ0n) is 11.7. The van der Waals surface area contributed by atoms with Gasteiger partial charge in [-0.15, -0.1) is 0 Å². The van der Waals surface area contributed by atoms with Gasteiger partial charge < -0.3 is 9.72 Å². The Morgan fingerprint density at radius 1 is 0.909 bits per heavy atom. The van der Waals surface area contributed by atoms with Crippen LogP contribution in [0.15, 0.2) is 72.6 Å². The molecule has 0 atom stereocenters. The van der Waals surface area contributed by atoms with Gasteiger partial charge in [-0.3, -0.25) is 4.79 Å². The zero-order chi connectivity index (χ0) is 14.9. The smallest absolute Gasteiger partial charge is 0.234 e. The van der Waals surface area contributed by atoms with Gasteiger partial charge in [-0.1, -0.05) is 60.7 Å². The van der Waals surface area contributed by atoms with Crippen LogP contribution in [0.4, 0.5) is 0 Å². The lowest BCUT2D eigenvalue weighted by Gasteiger charge is -2.00. The van der Waals surface area contributed by atoms with Gasteiger partial charge in [0.25, 0.3) is 0 Å². The molecule has 1 aromatic heterocycles. The molecule has 0 saturated heterocycles. The highest BCUT2D eigenvalue weighted by molar-refractivity contribution is 6.17. The predicted octanol–water partition coefficient (Wildman–Crippen LogP) is 4.30. The fourth-order valence-corrected chi connectivity index (χ4v) is 2.63. The summed E-state index contributed by atoms with van der Waals surface area (Å²) in [6.07, 6.45) is 3.59. The summed E-state index contributed by atoms with van der Waals surface area (Å²) >= 11 is 0. The maximum absolute atomic E-state index is 12.6. The van der Waals surface area contributed by atoms with E-state index in [1.165, 1.54) is 0 Å². The standard InChI is InChI=1S/C19H13NO2/c21-18-16(11-13-7-3-1-4-8-13)22-19-17(18)15(12-20-19)14-9-5-2-6-10-14/h1-12,20H. The molecular formula is C19H13NO2. The number of carbonyl (C=O) groups is 1. The number of ether oxygens (including phenoxy) is 1. The Bertz CT molecular complexity index is 861. The van der Waals surface area contributed by atoms with Gasteiger partial charge in [0.05, 0.1) is 5.56 Å². The summed E-state index contributed by atoms with van der Waals surface area (Å²) < 4.78 is 5.68. The minimum Gasteiger partial charge on any atom is -0.436 e. The highest BCUT2D eigenvalue weighted by Crippen LogP contribution is 2.38. The van der Waals surface area contributed by atoms with Crippen LogP contribution in [-0.4, -0.2) is 10.8 Å². The van der Waals surface area contributed by atoms with Gasteiger partial charge in [0, 0.05) is 11.8 Å². The number of benzene rings is 2. The van der Waals surface area contributed by atoms with Crippen LogP contribution < -0.4 is 4.74 Å². The first-order valence-corrected chi connectivity index (χ1v) is 7.09. The molecule has 22 heavy (non-hydrogen) atoms. The normalized spacial score (nSPS) is 14.9. The summed E-state index contributed by atoms with van der Waals surface area (Å²) in [6, 6.07) is 19.5. The third kappa shape index (κ3) is 2.04. The molecule has 0 spiro atoms. The molecular weight excluding hydrogens is 274 g/mol. The first-order chi connectivity index (χ1) is 10.8. The van der Waals surface area contributed by atoms with E-state index < -0.39 is 0 Å². The molecule has 3 heteroatoms. The molecule has 0 fully saturated rings. The highest BCUT2D eigenvalue weighted by atomic mass is 16.5. The summed E-state index contributed by atoms with van der Waals surface area (Å²) in [5.74, 6) is 0.787. The maximum Gasteiger partial charge on any atom is 0.234 e. The number of carbonyl (C=O) groups excluding carboxylic acids is 1. The van der Waals surface area contributed by atoms with Crippen molar-refractivity contribution in [3.63, 3.8) is 0 Å². The summed E-state index contributed by atoms with van der Waals surface area (Å²) in [5.41, 5.74) is 3.42. The molecule has 4 rings (SSSR count). The topological polar surface area (TPSA) is 42.1 Å². The number of fused-ring (bicyclic) bond motifs is 1. The van der Waals surface area contributed by atoms with E-state index in [1.807, 2.05) is 66.9 Å². The fourth-order valence-electron chi connectivity index (χ4n) is 2.63. The van der Waals surface area contributed by atoms with Crippen LogP contribution in [0.25, 0.3) is 17.2 Å². The van der Waals surface area contributed by atoms with E-state index >= 15 is 0 Å². The molecule has 0 radical (unpaired) electrons. The molecule has 0 aliphatic carbocycles. The molecule has 1 aliphatic rings. The number of H-pyrrole nitrogens is 1. The number of rotatable bonds is 2. The monoisotopic (exact) mass is 287 g/mol. The lowest BCUT2D eigenvalue weighted by Crippen LogP contribution is -2.00. The van der Waals surface area contributed by atoms with Crippen molar-refractivity contribution in [2.45, 2.75) is 0 Å². The predicted molar refractivity (Wildman–Crippen MR) is 85.6 cm³/mol. The number of aromatic amines is 1. The molecule has 106 valence electrons. The molecule has 1 N–H and O–H groups in total. The maximum atomic E-state index is 12.6. The van der Waals surface area contributed by atoms with E-state index in [4.69, 9.17) is 4.74 Å². The number of nitrogens with one attached hydrogen (secondary N) is 1. The Hall–Kier alpha value is -3.07. The van der Waals surface area contributed by atoms with E-state index in [0.29, 0.717) is 17.2 Å². The van der Waals surface area contributed by atoms with Gasteiger partial charge in [0.1, 0.15) is 0 Å². The zero-order valence-corrected chi connectivity index (χ0v) is 11.7. The average molecular weight is 287 g/mol. The van der Waals surface area contributed by atoms with Crippen molar-refractivity contribution in [3.05, 3.63) is 83.7 Å². The van der Waals surface area contributed by atoms with Gasteiger partial charge in [0.15, 0.2) is 5.76 Å². The number of hydrogen-bond donors (Lipinski definition) is 1. The summed E-state index contributed by atoms with van der Waals surface area (Å²) in [7, 11) is 0. The number of allylic oxidation sites excluding steroid dienone is 1. The highest BCUT2D eigenvalue weighted by Gasteiger charge is 2.32. The van der Waals surface area contributed by atoms with Gasteiger partial charge in [-0.25, -0.2) is 0 Å². The number of Topliss-reactive ketones (excluding diaryl/α,β-unsaturated/α-hetero) is 1. The van der Waals surface area contributed by atoms with Crippen molar-refractivity contribution in [1.82, 2.24) is 4.98 Å². The van der Waals surface area contributed by atoms with E-state index in [2.05, 4.69) is 4.98 Å². The van der Waals surface area contributed by atoms with Gasteiger partial charge in [0.2, 0.25) is 11.7 Å². The second-order valence-electron chi connectivity index (χ2n) is 5.12. The van der Waals surface area contributed by atoms with Crippen molar-refractivity contribution in [3.8, 4) is 17.0 Å². The van der Waals surface area contributed by atoms with Crippen LogP contribution in [0, 0.1) is 0 Å². The molecule has 3 nitrogen and oxygen atoms in total. The fraction of sp³-hybridized carbons (Fsp3) is 0. The van der Waals surface area contributed by atoms with Crippen LogP contribution in [-0.2, 0) is 0 Å². The Labute approximate surface area is 127 Å². The molecule has 0 unspecified atom stereocenters.